The fraction of sp³-hybridized carbons (Fsp3) is 0.231. The van der Waals surface area contributed by atoms with Gasteiger partial charge in [-0.3, -0.25) is 9.59 Å². The van der Waals surface area contributed by atoms with Crippen molar-refractivity contribution in [3.63, 3.8) is 0 Å². The summed E-state index contributed by atoms with van der Waals surface area (Å²) in [5.41, 5.74) is 1.72. The third-order valence-electron chi connectivity index (χ3n) is 5.64. The van der Waals surface area contributed by atoms with Crippen LogP contribution in [0.5, 0.6) is 0 Å². The molecule has 8 nitrogen and oxygen atoms in total. The molecule has 1 aromatic heterocycles. The summed E-state index contributed by atoms with van der Waals surface area (Å²) in [6.45, 7) is 1.11. The Morgan fingerprint density at radius 1 is 0.857 bits per heavy atom. The first-order valence-electron chi connectivity index (χ1n) is 11.5. The summed E-state index contributed by atoms with van der Waals surface area (Å²) in [5.74, 6) is -0.562. The molecule has 182 valence electrons. The van der Waals surface area contributed by atoms with Gasteiger partial charge in [-0.1, -0.05) is 31.0 Å². The van der Waals surface area contributed by atoms with Gasteiger partial charge in [0.2, 0.25) is 15.9 Å². The van der Waals surface area contributed by atoms with Gasteiger partial charge in [0.15, 0.2) is 5.76 Å². The standard InChI is InChI=1S/C26H27N3O5S/c30-25(27-21-7-5-8-22(19-21)28-26(31)24-9-6-18-34-24)15-12-20-10-13-23(14-11-20)35(32,33)29-16-3-1-2-4-17-29/h5-15,18-19H,1-4,16-17H2,(H,27,30)(H,28,31). The first-order chi connectivity index (χ1) is 16.9. The number of benzene rings is 2. The lowest BCUT2D eigenvalue weighted by Crippen LogP contribution is -2.31. The Labute approximate surface area is 204 Å². The molecule has 1 aliphatic heterocycles. The highest BCUT2D eigenvalue weighted by Gasteiger charge is 2.24. The van der Waals surface area contributed by atoms with Crippen LogP contribution in [0.3, 0.4) is 0 Å². The van der Waals surface area contributed by atoms with E-state index < -0.39 is 10.0 Å². The molecule has 0 spiro atoms. The molecule has 2 amide bonds. The van der Waals surface area contributed by atoms with E-state index in [2.05, 4.69) is 10.6 Å². The maximum atomic E-state index is 12.9. The van der Waals surface area contributed by atoms with E-state index in [0.717, 1.165) is 25.7 Å². The zero-order valence-electron chi connectivity index (χ0n) is 19.1. The summed E-state index contributed by atoms with van der Waals surface area (Å²) in [7, 11) is -3.51. The summed E-state index contributed by atoms with van der Waals surface area (Å²) < 4.78 is 32.4. The first-order valence-corrected chi connectivity index (χ1v) is 12.9. The quantitative estimate of drug-likeness (QED) is 0.462. The van der Waals surface area contributed by atoms with Crippen molar-refractivity contribution in [2.75, 3.05) is 23.7 Å². The van der Waals surface area contributed by atoms with Gasteiger partial charge in [0.1, 0.15) is 0 Å². The van der Waals surface area contributed by atoms with Gasteiger partial charge in [0.05, 0.1) is 11.2 Å². The fourth-order valence-electron chi connectivity index (χ4n) is 3.81. The summed E-state index contributed by atoms with van der Waals surface area (Å²) in [6, 6.07) is 16.4. The van der Waals surface area contributed by atoms with Gasteiger partial charge in [0.25, 0.3) is 5.91 Å². The van der Waals surface area contributed by atoms with Gasteiger partial charge in [-0.15, -0.1) is 0 Å². The normalized spacial score (nSPS) is 15.0. The van der Waals surface area contributed by atoms with Crippen molar-refractivity contribution in [1.82, 2.24) is 4.31 Å². The largest absolute Gasteiger partial charge is 0.459 e. The molecule has 2 N–H and O–H groups in total. The zero-order chi connectivity index (χ0) is 24.7. The van der Waals surface area contributed by atoms with Crippen molar-refractivity contribution in [2.45, 2.75) is 30.6 Å². The predicted octanol–water partition coefficient (Wildman–Crippen LogP) is 4.75. The van der Waals surface area contributed by atoms with E-state index in [-0.39, 0.29) is 22.5 Å². The van der Waals surface area contributed by atoms with E-state index >= 15 is 0 Å². The first kappa shape index (κ1) is 24.4. The van der Waals surface area contributed by atoms with E-state index in [1.807, 2.05) is 0 Å². The van der Waals surface area contributed by atoms with E-state index in [0.29, 0.717) is 30.0 Å². The number of carbonyl (C=O) groups excluding carboxylic acids is 2. The molecule has 0 radical (unpaired) electrons. The minimum absolute atomic E-state index is 0.188. The summed E-state index contributed by atoms with van der Waals surface area (Å²) in [5, 5.41) is 5.45. The van der Waals surface area contributed by atoms with Crippen LogP contribution in [0.25, 0.3) is 6.08 Å². The van der Waals surface area contributed by atoms with Gasteiger partial charge in [-0.25, -0.2) is 8.42 Å². The van der Waals surface area contributed by atoms with Crippen LogP contribution in [0.4, 0.5) is 11.4 Å². The molecule has 9 heteroatoms. The zero-order valence-corrected chi connectivity index (χ0v) is 20.0. The minimum Gasteiger partial charge on any atom is -0.459 e. The number of hydrogen-bond donors (Lipinski definition) is 2. The third-order valence-corrected chi connectivity index (χ3v) is 7.56. The van der Waals surface area contributed by atoms with E-state index in [1.165, 1.54) is 12.3 Å². The lowest BCUT2D eigenvalue weighted by molar-refractivity contribution is -0.111. The molecular weight excluding hydrogens is 466 g/mol. The van der Waals surface area contributed by atoms with Crippen molar-refractivity contribution >= 4 is 39.3 Å². The van der Waals surface area contributed by atoms with Crippen LogP contribution in [-0.2, 0) is 14.8 Å². The lowest BCUT2D eigenvalue weighted by atomic mass is 10.2. The molecule has 1 fully saturated rings. The van der Waals surface area contributed by atoms with Crippen LogP contribution in [0.1, 0.15) is 41.8 Å². The summed E-state index contributed by atoms with van der Waals surface area (Å²) >= 11 is 0. The summed E-state index contributed by atoms with van der Waals surface area (Å²) in [4.78, 5) is 24.7. The average Bonchev–Trinajstić information content (AvgIpc) is 3.25. The number of rotatable bonds is 7. The maximum Gasteiger partial charge on any atom is 0.291 e. The highest BCUT2D eigenvalue weighted by atomic mass is 32.2. The molecule has 0 bridgehead atoms. The monoisotopic (exact) mass is 493 g/mol. The van der Waals surface area contributed by atoms with Crippen LogP contribution in [0, 0.1) is 0 Å². The Morgan fingerprint density at radius 3 is 2.20 bits per heavy atom. The molecule has 0 saturated carbocycles. The Hall–Kier alpha value is -3.69. The number of hydrogen-bond acceptors (Lipinski definition) is 5. The van der Waals surface area contributed by atoms with Crippen molar-refractivity contribution in [1.29, 1.82) is 0 Å². The second kappa shape index (κ2) is 11.2. The van der Waals surface area contributed by atoms with Gasteiger partial charge < -0.3 is 15.1 Å². The van der Waals surface area contributed by atoms with Crippen molar-refractivity contribution < 1.29 is 22.4 Å². The lowest BCUT2D eigenvalue weighted by Gasteiger charge is -2.19. The Morgan fingerprint density at radius 2 is 1.54 bits per heavy atom. The minimum atomic E-state index is -3.51. The average molecular weight is 494 g/mol. The molecule has 4 rings (SSSR count). The fourth-order valence-corrected chi connectivity index (χ4v) is 5.33. The van der Waals surface area contributed by atoms with Crippen LogP contribution < -0.4 is 10.6 Å². The Kier molecular flexibility index (Phi) is 7.79. The van der Waals surface area contributed by atoms with Gasteiger partial charge in [0, 0.05) is 30.5 Å². The number of furan rings is 1. The van der Waals surface area contributed by atoms with Crippen LogP contribution in [0.15, 0.2) is 82.3 Å². The van der Waals surface area contributed by atoms with Gasteiger partial charge in [-0.05, 0) is 66.9 Å². The van der Waals surface area contributed by atoms with Crippen molar-refractivity contribution in [3.05, 3.63) is 84.3 Å². The number of nitrogens with zero attached hydrogens (tertiary/aromatic N) is 1. The van der Waals surface area contributed by atoms with Crippen LogP contribution in [-0.4, -0.2) is 37.6 Å². The molecule has 2 aromatic carbocycles. The highest BCUT2D eigenvalue weighted by Crippen LogP contribution is 2.21. The molecule has 3 aromatic rings. The van der Waals surface area contributed by atoms with Gasteiger partial charge >= 0.3 is 0 Å². The number of amides is 2. The van der Waals surface area contributed by atoms with E-state index in [9.17, 15) is 18.0 Å². The second-order valence-electron chi connectivity index (χ2n) is 8.22. The van der Waals surface area contributed by atoms with Crippen LogP contribution in [0.2, 0.25) is 0 Å². The molecule has 2 heterocycles. The number of nitrogens with one attached hydrogen (secondary N) is 2. The molecule has 1 aliphatic rings. The molecule has 0 aliphatic carbocycles. The SMILES string of the molecule is O=C(C=Cc1ccc(S(=O)(=O)N2CCCCCC2)cc1)Nc1cccc(NC(=O)c2ccco2)c1. The Bertz CT molecular complexity index is 1290. The molecular formula is C26H27N3O5S. The topological polar surface area (TPSA) is 109 Å². The highest BCUT2D eigenvalue weighted by molar-refractivity contribution is 7.89. The van der Waals surface area contributed by atoms with E-state index in [1.54, 1.807) is 71.0 Å². The van der Waals surface area contributed by atoms with Crippen LogP contribution >= 0.6 is 0 Å². The van der Waals surface area contributed by atoms with Crippen molar-refractivity contribution in [3.8, 4) is 0 Å². The molecule has 0 atom stereocenters. The number of carbonyl (C=O) groups is 2. The smallest absolute Gasteiger partial charge is 0.291 e. The van der Waals surface area contributed by atoms with E-state index in [4.69, 9.17) is 4.42 Å². The maximum absolute atomic E-state index is 12.9. The predicted molar refractivity (Wildman–Crippen MR) is 134 cm³/mol. The number of sulfonamides is 1. The Balaban J connectivity index is 1.35. The molecule has 35 heavy (non-hydrogen) atoms. The second-order valence-corrected chi connectivity index (χ2v) is 10.2. The van der Waals surface area contributed by atoms with Gasteiger partial charge in [-0.2, -0.15) is 4.31 Å². The van der Waals surface area contributed by atoms with Crippen molar-refractivity contribution in [2.24, 2.45) is 0 Å². The summed E-state index contributed by atoms with van der Waals surface area (Å²) in [6.07, 6.45) is 8.28. The molecule has 0 unspecified atom stereocenters. The number of anilines is 2. The molecule has 1 saturated heterocycles. The third kappa shape index (κ3) is 6.46.